The maximum atomic E-state index is 13.9. The first-order valence-electron chi connectivity index (χ1n) is 10.2. The third kappa shape index (κ3) is 3.94. The Hall–Kier alpha value is -4.74. The Balaban J connectivity index is 1.59. The van der Waals surface area contributed by atoms with Crippen LogP contribution >= 0.6 is 0 Å². The van der Waals surface area contributed by atoms with Crippen molar-refractivity contribution in [1.82, 2.24) is 24.4 Å². The summed E-state index contributed by atoms with van der Waals surface area (Å²) in [5, 5.41) is 20.9. The van der Waals surface area contributed by atoms with Gasteiger partial charge in [0.15, 0.2) is 22.7 Å². The Labute approximate surface area is 194 Å². The molecule has 2 aromatic carbocycles. The molecule has 35 heavy (non-hydrogen) atoms. The molecule has 0 saturated heterocycles. The fourth-order valence-electron chi connectivity index (χ4n) is 3.75. The van der Waals surface area contributed by atoms with Crippen LogP contribution in [0, 0.1) is 0 Å². The molecule has 0 fully saturated rings. The molecule has 1 amide bonds. The molecule has 0 radical (unpaired) electrons. The van der Waals surface area contributed by atoms with Crippen LogP contribution in [0.1, 0.15) is 26.7 Å². The molecule has 5 rings (SSSR count). The lowest BCUT2D eigenvalue weighted by atomic mass is 10.0. The van der Waals surface area contributed by atoms with Gasteiger partial charge in [-0.15, -0.1) is 0 Å². The number of alkyl halides is 3. The number of aromatic nitrogens is 5. The molecule has 0 unspecified atom stereocenters. The van der Waals surface area contributed by atoms with E-state index >= 15 is 0 Å². The number of halogens is 3. The van der Waals surface area contributed by atoms with E-state index in [0.717, 1.165) is 33.8 Å². The van der Waals surface area contributed by atoms with E-state index in [0.29, 0.717) is 10.1 Å². The molecule has 5 aromatic rings. The molecular formula is C23H15F3N6O3. The lowest BCUT2D eigenvalue weighted by Crippen LogP contribution is -2.17. The lowest BCUT2D eigenvalue weighted by Gasteiger charge is -2.11. The molecule has 0 saturated carbocycles. The van der Waals surface area contributed by atoms with E-state index in [1.165, 1.54) is 7.05 Å². The van der Waals surface area contributed by atoms with Crippen LogP contribution in [0.3, 0.4) is 0 Å². The Morgan fingerprint density at radius 1 is 1.03 bits per heavy atom. The molecule has 0 spiro atoms. The van der Waals surface area contributed by atoms with E-state index in [1.54, 1.807) is 18.2 Å². The van der Waals surface area contributed by atoms with Gasteiger partial charge in [0, 0.05) is 18.7 Å². The summed E-state index contributed by atoms with van der Waals surface area (Å²) in [6.45, 7) is 0. The third-order valence-corrected chi connectivity index (χ3v) is 5.39. The highest BCUT2D eigenvalue weighted by atomic mass is 19.4. The van der Waals surface area contributed by atoms with Crippen molar-refractivity contribution in [2.75, 3.05) is 5.32 Å². The first-order chi connectivity index (χ1) is 16.6. The summed E-state index contributed by atoms with van der Waals surface area (Å²) in [7, 11) is 1.37. The maximum absolute atomic E-state index is 13.9. The highest BCUT2D eigenvalue weighted by Gasteiger charge is 2.36. The van der Waals surface area contributed by atoms with E-state index < -0.39 is 23.7 Å². The van der Waals surface area contributed by atoms with Crippen LogP contribution in [0.5, 0.6) is 0 Å². The van der Waals surface area contributed by atoms with Crippen LogP contribution in [-0.4, -0.2) is 41.4 Å². The number of carbonyl (C=O) groups is 2. The van der Waals surface area contributed by atoms with Crippen molar-refractivity contribution in [3.05, 3.63) is 77.9 Å². The number of aromatic carboxylic acids is 1. The Kier molecular flexibility index (Phi) is 5.01. The quantitative estimate of drug-likeness (QED) is 0.398. The molecule has 9 nitrogen and oxygen atoms in total. The van der Waals surface area contributed by atoms with Gasteiger partial charge in [-0.25, -0.2) is 14.3 Å². The van der Waals surface area contributed by atoms with Crippen molar-refractivity contribution in [3.63, 3.8) is 0 Å². The van der Waals surface area contributed by atoms with Gasteiger partial charge in [-0.2, -0.15) is 23.4 Å². The van der Waals surface area contributed by atoms with E-state index in [4.69, 9.17) is 0 Å². The number of benzene rings is 2. The number of carboxylic acids is 1. The molecule has 0 bridgehead atoms. The molecule has 12 heteroatoms. The zero-order valence-corrected chi connectivity index (χ0v) is 17.9. The van der Waals surface area contributed by atoms with Gasteiger partial charge in [0.2, 0.25) is 0 Å². The van der Waals surface area contributed by atoms with Crippen molar-refractivity contribution in [1.29, 1.82) is 0 Å². The Morgan fingerprint density at radius 3 is 2.49 bits per heavy atom. The number of nitrogens with zero attached hydrogens (tertiary/aromatic N) is 5. The number of rotatable bonds is 4. The van der Waals surface area contributed by atoms with Gasteiger partial charge in [-0.3, -0.25) is 9.48 Å². The summed E-state index contributed by atoms with van der Waals surface area (Å²) in [6.07, 6.45) is -3.67. The number of anilines is 1. The zero-order chi connectivity index (χ0) is 24.9. The number of carbonyl (C=O) groups excluding carboxylic acids is 1. The van der Waals surface area contributed by atoms with Crippen molar-refractivity contribution in [2.45, 2.75) is 6.18 Å². The van der Waals surface area contributed by atoms with Gasteiger partial charge < -0.3 is 10.4 Å². The van der Waals surface area contributed by atoms with E-state index in [1.807, 2.05) is 24.3 Å². The number of nitrogens with one attached hydrogen (secondary N) is 1. The predicted molar refractivity (Wildman–Crippen MR) is 119 cm³/mol. The monoisotopic (exact) mass is 480 g/mol. The molecule has 0 aliphatic rings. The minimum absolute atomic E-state index is 0.0582. The maximum Gasteiger partial charge on any atom is 0.433 e. The average Bonchev–Trinajstić information content (AvgIpc) is 3.40. The number of carboxylic acid groups (broad SMARTS) is 1. The first kappa shape index (κ1) is 22.1. The smallest absolute Gasteiger partial charge is 0.433 e. The van der Waals surface area contributed by atoms with Gasteiger partial charge in [0.1, 0.15) is 0 Å². The molecule has 0 aliphatic carbocycles. The molecule has 2 N–H and O–H groups in total. The summed E-state index contributed by atoms with van der Waals surface area (Å²) < 4.78 is 43.3. The number of hydrogen-bond acceptors (Lipinski definition) is 5. The molecule has 3 aromatic heterocycles. The molecule has 3 heterocycles. The van der Waals surface area contributed by atoms with Crippen LogP contribution in [-0.2, 0) is 13.2 Å². The highest BCUT2D eigenvalue weighted by Crippen LogP contribution is 2.33. The van der Waals surface area contributed by atoms with Gasteiger partial charge >= 0.3 is 12.1 Å². The van der Waals surface area contributed by atoms with Crippen LogP contribution in [0.25, 0.3) is 27.7 Å². The normalized spacial score (nSPS) is 11.8. The van der Waals surface area contributed by atoms with Gasteiger partial charge in [-0.05, 0) is 22.9 Å². The van der Waals surface area contributed by atoms with Gasteiger partial charge in [0.25, 0.3) is 5.91 Å². The zero-order valence-electron chi connectivity index (χ0n) is 17.9. The Bertz CT molecular complexity index is 1640. The standard InChI is InChI=1S/C23H15F3N6O3/c1-31-20(22(34)35)17(11-27-31)29-21(33)16-10-19-28-15(9-18(23(24,25)26)32(19)30-16)14-7-6-12-4-2-3-5-13(12)8-14/h2-11H,1H3,(H,29,33)(H,34,35). The van der Waals surface area contributed by atoms with Crippen LogP contribution in [0.4, 0.5) is 18.9 Å². The van der Waals surface area contributed by atoms with E-state index in [-0.39, 0.29) is 28.4 Å². The molecule has 0 aliphatic heterocycles. The van der Waals surface area contributed by atoms with Crippen molar-refractivity contribution < 1.29 is 27.9 Å². The van der Waals surface area contributed by atoms with Gasteiger partial charge in [0.05, 0.1) is 17.6 Å². The summed E-state index contributed by atoms with van der Waals surface area (Å²) in [5.74, 6) is -2.25. The predicted octanol–water partition coefficient (Wildman–Crippen LogP) is 4.25. The van der Waals surface area contributed by atoms with Crippen molar-refractivity contribution >= 4 is 34.0 Å². The second kappa shape index (κ2) is 7.94. The van der Waals surface area contributed by atoms with Crippen LogP contribution in [0.15, 0.2) is 60.8 Å². The average molecular weight is 480 g/mol. The SMILES string of the molecule is Cn1ncc(NC(=O)c2cc3nc(-c4ccc5ccccc5c4)cc(C(F)(F)F)n3n2)c1C(=O)O. The fraction of sp³-hybridized carbons (Fsp3) is 0.0870. The highest BCUT2D eigenvalue weighted by molar-refractivity contribution is 6.06. The fourth-order valence-corrected chi connectivity index (χ4v) is 3.75. The molecular weight excluding hydrogens is 465 g/mol. The molecule has 176 valence electrons. The minimum atomic E-state index is -4.79. The second-order valence-corrected chi connectivity index (χ2v) is 7.68. The summed E-state index contributed by atoms with van der Waals surface area (Å²) >= 11 is 0. The second-order valence-electron chi connectivity index (χ2n) is 7.68. The van der Waals surface area contributed by atoms with Crippen LogP contribution in [0.2, 0.25) is 0 Å². The summed E-state index contributed by atoms with van der Waals surface area (Å²) in [6, 6.07) is 14.6. The number of fused-ring (bicyclic) bond motifs is 2. The summed E-state index contributed by atoms with van der Waals surface area (Å²) in [4.78, 5) is 28.4. The number of aryl methyl sites for hydroxylation is 1. The lowest BCUT2D eigenvalue weighted by molar-refractivity contribution is -0.142. The summed E-state index contributed by atoms with van der Waals surface area (Å²) in [5.41, 5.74) is -1.58. The van der Waals surface area contributed by atoms with Crippen molar-refractivity contribution in [2.24, 2.45) is 7.05 Å². The topological polar surface area (TPSA) is 114 Å². The largest absolute Gasteiger partial charge is 0.476 e. The van der Waals surface area contributed by atoms with Gasteiger partial charge in [-0.1, -0.05) is 36.4 Å². The Morgan fingerprint density at radius 2 is 1.77 bits per heavy atom. The number of hydrogen-bond donors (Lipinski definition) is 2. The van der Waals surface area contributed by atoms with Crippen LogP contribution < -0.4 is 5.32 Å². The third-order valence-electron chi connectivity index (χ3n) is 5.39. The van der Waals surface area contributed by atoms with E-state index in [2.05, 4.69) is 20.5 Å². The minimum Gasteiger partial charge on any atom is -0.476 e. The van der Waals surface area contributed by atoms with E-state index in [9.17, 15) is 27.9 Å². The first-order valence-corrected chi connectivity index (χ1v) is 10.2. The molecule has 0 atom stereocenters. The number of amides is 1. The van der Waals surface area contributed by atoms with Crippen molar-refractivity contribution in [3.8, 4) is 11.3 Å².